The maximum absolute atomic E-state index is 13.6. The van der Waals surface area contributed by atoms with Crippen LogP contribution in [0.15, 0.2) is 156 Å². The van der Waals surface area contributed by atoms with Gasteiger partial charge in [0.15, 0.2) is 34.2 Å². The molecule has 3 N–H and O–H groups in total. The van der Waals surface area contributed by atoms with E-state index >= 15 is 0 Å². The molecule has 0 radical (unpaired) electrons. The molecule has 0 atom stereocenters. The summed E-state index contributed by atoms with van der Waals surface area (Å²) >= 11 is 0. The van der Waals surface area contributed by atoms with Gasteiger partial charge in [0.05, 0.1) is 57.2 Å². The fourth-order valence-electron chi connectivity index (χ4n) is 10.6. The van der Waals surface area contributed by atoms with Crippen molar-refractivity contribution in [2.24, 2.45) is 11.8 Å². The maximum Gasteiger partial charge on any atom is 0.341 e. The number of carboxylic acid groups (broad SMARTS) is 1. The van der Waals surface area contributed by atoms with Gasteiger partial charge in [-0.15, -0.1) is 15.3 Å². The number of anilines is 1. The van der Waals surface area contributed by atoms with Crippen LogP contribution in [0, 0.1) is 25.7 Å². The molecule has 0 spiro atoms. The Labute approximate surface area is 524 Å². The van der Waals surface area contributed by atoms with Crippen LogP contribution in [0.1, 0.15) is 63.2 Å². The summed E-state index contributed by atoms with van der Waals surface area (Å²) in [5, 5.41) is 26.9. The molecule has 4 aromatic carbocycles. The highest BCUT2D eigenvalue weighted by Gasteiger charge is 2.23. The van der Waals surface area contributed by atoms with Gasteiger partial charge in [-0.1, -0.05) is 59.7 Å². The molecule has 0 aliphatic carbocycles. The van der Waals surface area contributed by atoms with E-state index in [-0.39, 0.29) is 34.6 Å². The third-order valence-corrected chi connectivity index (χ3v) is 15.6. The molecule has 6 aromatic heterocycles. The number of nitrogens with zero attached hydrogens (tertiary/aromatic N) is 8. The molecule has 22 heteroatoms. The molecule has 91 heavy (non-hydrogen) atoms. The Morgan fingerprint density at radius 2 is 0.956 bits per heavy atom. The first-order chi connectivity index (χ1) is 44.2. The predicted molar refractivity (Wildman–Crippen MR) is 342 cm³/mol. The molecule has 8 heterocycles. The molecule has 2 aliphatic rings. The number of pyridine rings is 4. The molecule has 10 aromatic rings. The summed E-state index contributed by atoms with van der Waals surface area (Å²) in [6.07, 6.45) is 13.8. The van der Waals surface area contributed by atoms with Crippen molar-refractivity contribution < 1.29 is 52.6 Å². The molecule has 12 rings (SSSR count). The lowest BCUT2D eigenvalue weighted by molar-refractivity contribution is 0.0609. The number of rotatable bonds is 18. The fourth-order valence-corrected chi connectivity index (χ4v) is 10.6. The average molecular weight is 1230 g/mol. The van der Waals surface area contributed by atoms with E-state index in [9.17, 15) is 24.3 Å². The summed E-state index contributed by atoms with van der Waals surface area (Å²) in [6.45, 7) is 8.29. The number of benzene rings is 4. The lowest BCUT2D eigenvalue weighted by atomic mass is 9.98. The third kappa shape index (κ3) is 15.8. The Balaban J connectivity index is 0.000000166. The van der Waals surface area contributed by atoms with Crippen LogP contribution >= 0.6 is 0 Å². The topological polar surface area (TPSA) is 276 Å². The van der Waals surface area contributed by atoms with Crippen LogP contribution in [0.25, 0.3) is 44.1 Å². The van der Waals surface area contributed by atoms with E-state index in [0.717, 1.165) is 85.3 Å². The Kier molecular flexibility index (Phi) is 20.6. The fraction of sp³-hybridized carbons (Fsp3) is 0.275. The zero-order chi connectivity index (χ0) is 64.0. The monoisotopic (exact) mass is 1230 g/mol. The standard InChI is InChI=1S/C35H34N4O6.C19H21NO4.C15H14N4O3/c1-22-4-6-24(7-5-22)27-20-39(19-23-11-14-44-15-12-23)21-28(35(27)41)30(40)16-25-8-9-34(38-37-25)45-31-10-13-36-29-18-33(43-3)32(42-2)17-26(29)31;1-13-2-4-15(5-3-13)16-11-20(10-14-6-8-24-9-7-14)12-17(18(16)21)19(22)23;1-20-12-7-9-10(8-13(12)21-2)17-6-5-11(9)22-15-4-3-14(16)18-19-15/h4-10,13,17-18,20-21,23H,11-12,14-16,19H2,1-3H3;2-5,11-12,14H,6-10H2,1H3,(H,22,23);3-8H,1-2H3,(H2,16,18). The van der Waals surface area contributed by atoms with E-state index < -0.39 is 11.4 Å². The van der Waals surface area contributed by atoms with Gasteiger partial charge in [0.2, 0.25) is 17.2 Å². The Morgan fingerprint density at radius 1 is 0.527 bits per heavy atom. The van der Waals surface area contributed by atoms with E-state index in [0.29, 0.717) is 98.8 Å². The first kappa shape index (κ1) is 63.4. The van der Waals surface area contributed by atoms with Crippen molar-refractivity contribution in [1.29, 1.82) is 0 Å². The zero-order valence-electron chi connectivity index (χ0n) is 51.3. The zero-order valence-corrected chi connectivity index (χ0v) is 51.3. The molecule has 0 bridgehead atoms. The molecule has 2 aliphatic heterocycles. The lowest BCUT2D eigenvalue weighted by Crippen LogP contribution is -2.25. The van der Waals surface area contributed by atoms with Gasteiger partial charge in [-0.25, -0.2) is 4.79 Å². The van der Waals surface area contributed by atoms with Crippen molar-refractivity contribution in [1.82, 2.24) is 39.5 Å². The Bertz CT molecular complexity index is 4300. The molecular formula is C69H69N9O13. The van der Waals surface area contributed by atoms with Crippen LogP contribution in [0.3, 0.4) is 0 Å². The SMILES string of the molecule is COc1cc2nccc(Oc3ccc(CC(=O)c4cn(CC5CCOCC5)cc(-c5ccc(C)cc5)c4=O)nn3)c2cc1OC.COc1cc2nccc(Oc3ccc(N)nn3)c2cc1OC.Cc1ccc(-c2cn(CC3CCOCC3)cc(C(=O)O)c2=O)cc1. The molecule has 0 unspecified atom stereocenters. The van der Waals surface area contributed by atoms with Crippen molar-refractivity contribution in [2.45, 2.75) is 59.0 Å². The number of hydrogen-bond acceptors (Lipinski definition) is 19. The van der Waals surface area contributed by atoms with Gasteiger partial charge in [-0.05, 0) is 98.9 Å². The van der Waals surface area contributed by atoms with Crippen molar-refractivity contribution in [3.05, 3.63) is 195 Å². The summed E-state index contributed by atoms with van der Waals surface area (Å²) in [7, 11) is 6.28. The normalized spacial score (nSPS) is 13.3. The van der Waals surface area contributed by atoms with Gasteiger partial charge in [0.1, 0.15) is 22.9 Å². The molecule has 2 fully saturated rings. The van der Waals surface area contributed by atoms with Crippen LogP contribution in [-0.2, 0) is 29.0 Å². The number of aromatic nitrogens is 8. The Morgan fingerprint density at radius 3 is 1.37 bits per heavy atom. The van der Waals surface area contributed by atoms with Crippen molar-refractivity contribution >= 4 is 39.4 Å². The highest BCUT2D eigenvalue weighted by atomic mass is 16.5. The molecule has 0 amide bonds. The van der Waals surface area contributed by atoms with E-state index in [1.54, 1.807) is 114 Å². The summed E-state index contributed by atoms with van der Waals surface area (Å²) < 4.78 is 47.9. The maximum atomic E-state index is 13.6. The van der Waals surface area contributed by atoms with Crippen LogP contribution in [0.5, 0.6) is 46.3 Å². The minimum Gasteiger partial charge on any atom is -0.493 e. The molecule has 2 saturated heterocycles. The Hall–Kier alpha value is -10.6. The average Bonchev–Trinajstić information content (AvgIpc) is 1.12. The predicted octanol–water partition coefficient (Wildman–Crippen LogP) is 11.2. The number of ketones is 1. The number of carbonyl (C=O) groups is 2. The minimum atomic E-state index is -1.19. The quantitative estimate of drug-likeness (QED) is 0.0755. The number of hydrogen-bond donors (Lipinski definition) is 2. The van der Waals surface area contributed by atoms with Crippen molar-refractivity contribution in [3.63, 3.8) is 0 Å². The minimum absolute atomic E-state index is 0.0771. The number of aromatic carboxylic acids is 1. The largest absolute Gasteiger partial charge is 0.493 e. The second kappa shape index (κ2) is 29.6. The summed E-state index contributed by atoms with van der Waals surface area (Å²) in [6, 6.07) is 32.5. The summed E-state index contributed by atoms with van der Waals surface area (Å²) in [4.78, 5) is 59.9. The molecule has 0 saturated carbocycles. The van der Waals surface area contributed by atoms with Gasteiger partial charge in [0, 0.05) is 123 Å². The van der Waals surface area contributed by atoms with Crippen molar-refractivity contribution in [3.8, 4) is 68.5 Å². The number of fused-ring (bicyclic) bond motifs is 2. The number of nitrogen functional groups attached to an aromatic ring is 1. The van der Waals surface area contributed by atoms with Crippen molar-refractivity contribution in [2.75, 3.05) is 60.6 Å². The van der Waals surface area contributed by atoms with Crippen LogP contribution in [0.2, 0.25) is 0 Å². The van der Waals surface area contributed by atoms with Crippen LogP contribution in [-0.4, -0.2) is 111 Å². The number of methoxy groups -OCH3 is 4. The number of carbonyl (C=O) groups excluding carboxylic acids is 1. The first-order valence-corrected chi connectivity index (χ1v) is 29.5. The molecular weight excluding hydrogens is 1160 g/mol. The molecule has 468 valence electrons. The van der Waals surface area contributed by atoms with Gasteiger partial charge >= 0.3 is 5.97 Å². The summed E-state index contributed by atoms with van der Waals surface area (Å²) in [5.74, 6) is 3.66. The second-order valence-corrected chi connectivity index (χ2v) is 21.9. The highest BCUT2D eigenvalue weighted by molar-refractivity contribution is 5.98. The number of ether oxygens (including phenoxy) is 8. The number of carboxylic acids is 1. The number of Topliss-reactive ketones (excluding diaryl/α,β-unsaturated/α-hetero) is 1. The van der Waals surface area contributed by atoms with E-state index in [1.807, 2.05) is 77.7 Å². The first-order valence-electron chi connectivity index (χ1n) is 29.5. The second-order valence-electron chi connectivity index (χ2n) is 21.9. The summed E-state index contributed by atoms with van der Waals surface area (Å²) in [5.41, 5.74) is 11.2. The van der Waals surface area contributed by atoms with Gasteiger partial charge in [-0.3, -0.25) is 24.4 Å². The number of aryl methyl sites for hydroxylation is 2. The lowest BCUT2D eigenvalue weighted by Gasteiger charge is -2.23. The third-order valence-electron chi connectivity index (χ3n) is 15.6. The molecule has 22 nitrogen and oxygen atoms in total. The van der Waals surface area contributed by atoms with Gasteiger partial charge < -0.3 is 57.9 Å². The van der Waals surface area contributed by atoms with Gasteiger partial charge in [-0.2, -0.15) is 5.10 Å². The number of nitrogens with two attached hydrogens (primary N) is 1. The van der Waals surface area contributed by atoms with Gasteiger partial charge in [0.25, 0.3) is 0 Å². The van der Waals surface area contributed by atoms with Crippen LogP contribution in [0.4, 0.5) is 5.82 Å². The van der Waals surface area contributed by atoms with E-state index in [1.165, 1.54) is 6.20 Å². The smallest absolute Gasteiger partial charge is 0.341 e. The van der Waals surface area contributed by atoms with E-state index in [4.69, 9.17) is 43.6 Å². The van der Waals surface area contributed by atoms with E-state index in [2.05, 4.69) is 30.4 Å². The van der Waals surface area contributed by atoms with Crippen LogP contribution < -0.4 is 45.0 Å². The highest BCUT2D eigenvalue weighted by Crippen LogP contribution is 2.38.